The van der Waals surface area contributed by atoms with Crippen LogP contribution in [-0.4, -0.2) is 65.3 Å². The first kappa shape index (κ1) is 15.2. The number of nitrogens with one attached hydrogen (secondary N) is 2. The van der Waals surface area contributed by atoms with Gasteiger partial charge in [0.1, 0.15) is 6.54 Å². The number of nitrogens with zero attached hydrogens (tertiary/aromatic N) is 1. The maximum Gasteiger partial charge on any atom is 0.332 e. The minimum Gasteiger partial charge on any atom is -0.479 e. The number of carboxylic acids is 1. The summed E-state index contributed by atoms with van der Waals surface area (Å²) in [5.74, 6) is -1.54. The number of carboxylic acid groups (broad SMARTS) is 1. The molecule has 0 saturated heterocycles. The van der Waals surface area contributed by atoms with E-state index in [2.05, 4.69) is 10.6 Å². The standard InChI is InChI=1S/C11H19N3O5/c1-14(6-9(16)13-7-2-3-7)11(19)12-5-4-8(15)10(17)18/h7-8,15H,2-6H2,1H3,(H,12,19)(H,13,16)(H,17,18)/t8-/m0/s1. The molecule has 0 aromatic carbocycles. The van der Waals surface area contributed by atoms with Crippen molar-refractivity contribution in [2.24, 2.45) is 0 Å². The summed E-state index contributed by atoms with van der Waals surface area (Å²) in [6.45, 7) is -0.0231. The summed E-state index contributed by atoms with van der Waals surface area (Å²) in [5.41, 5.74) is 0. The summed E-state index contributed by atoms with van der Waals surface area (Å²) in [4.78, 5) is 34.5. The first-order chi connectivity index (χ1) is 8.90. The SMILES string of the molecule is CN(CC(=O)NC1CC1)C(=O)NCC[C@H](O)C(=O)O. The topological polar surface area (TPSA) is 119 Å². The van der Waals surface area contributed by atoms with Crippen molar-refractivity contribution in [1.82, 2.24) is 15.5 Å². The van der Waals surface area contributed by atoms with Crippen LogP contribution in [0.25, 0.3) is 0 Å². The zero-order chi connectivity index (χ0) is 14.4. The Balaban J connectivity index is 2.16. The van der Waals surface area contributed by atoms with Gasteiger partial charge in [-0.3, -0.25) is 4.79 Å². The van der Waals surface area contributed by atoms with Gasteiger partial charge in [0.15, 0.2) is 6.10 Å². The van der Waals surface area contributed by atoms with Crippen LogP contribution in [0.1, 0.15) is 19.3 Å². The Morgan fingerprint density at radius 2 is 2.00 bits per heavy atom. The van der Waals surface area contributed by atoms with Gasteiger partial charge in [-0.25, -0.2) is 9.59 Å². The van der Waals surface area contributed by atoms with Gasteiger partial charge in [-0.1, -0.05) is 0 Å². The highest BCUT2D eigenvalue weighted by molar-refractivity contribution is 5.84. The molecule has 1 saturated carbocycles. The van der Waals surface area contributed by atoms with Gasteiger partial charge in [0.25, 0.3) is 0 Å². The van der Waals surface area contributed by atoms with Crippen LogP contribution in [0.2, 0.25) is 0 Å². The molecule has 0 heterocycles. The Morgan fingerprint density at radius 1 is 1.37 bits per heavy atom. The van der Waals surface area contributed by atoms with E-state index in [1.54, 1.807) is 0 Å². The maximum absolute atomic E-state index is 11.5. The normalized spacial score (nSPS) is 15.5. The molecule has 8 nitrogen and oxygen atoms in total. The quantitative estimate of drug-likeness (QED) is 0.462. The lowest BCUT2D eigenvalue weighted by molar-refractivity contribution is -0.146. The number of aliphatic hydroxyl groups excluding tert-OH is 1. The fraction of sp³-hybridized carbons (Fsp3) is 0.727. The molecule has 0 aliphatic heterocycles. The van der Waals surface area contributed by atoms with Crippen LogP contribution in [0.5, 0.6) is 0 Å². The molecule has 1 fully saturated rings. The zero-order valence-corrected chi connectivity index (χ0v) is 10.8. The van der Waals surface area contributed by atoms with Gasteiger partial charge in [-0.2, -0.15) is 0 Å². The molecule has 4 N–H and O–H groups in total. The highest BCUT2D eigenvalue weighted by atomic mass is 16.4. The maximum atomic E-state index is 11.5. The van der Waals surface area contributed by atoms with Crippen molar-refractivity contribution >= 4 is 17.9 Å². The summed E-state index contributed by atoms with van der Waals surface area (Å²) in [7, 11) is 1.47. The van der Waals surface area contributed by atoms with E-state index in [0.29, 0.717) is 0 Å². The first-order valence-electron chi connectivity index (χ1n) is 6.09. The van der Waals surface area contributed by atoms with Crippen molar-refractivity contribution in [3.63, 3.8) is 0 Å². The molecule has 0 bridgehead atoms. The summed E-state index contributed by atoms with van der Waals surface area (Å²) < 4.78 is 0. The number of aliphatic carboxylic acids is 1. The van der Waals surface area contributed by atoms with E-state index >= 15 is 0 Å². The van der Waals surface area contributed by atoms with E-state index in [4.69, 9.17) is 10.2 Å². The van der Waals surface area contributed by atoms with Crippen molar-refractivity contribution in [1.29, 1.82) is 0 Å². The van der Waals surface area contributed by atoms with Crippen molar-refractivity contribution in [2.75, 3.05) is 20.1 Å². The van der Waals surface area contributed by atoms with Crippen molar-refractivity contribution in [3.8, 4) is 0 Å². The third-order valence-electron chi connectivity index (χ3n) is 2.65. The molecule has 0 spiro atoms. The minimum absolute atomic E-state index is 0.0287. The minimum atomic E-state index is -1.50. The highest BCUT2D eigenvalue weighted by Crippen LogP contribution is 2.18. The van der Waals surface area contributed by atoms with E-state index in [0.717, 1.165) is 12.8 Å². The second-order valence-corrected chi connectivity index (χ2v) is 4.57. The lowest BCUT2D eigenvalue weighted by Crippen LogP contribution is -2.44. The molecule has 1 atom stereocenters. The van der Waals surface area contributed by atoms with Gasteiger partial charge in [-0.05, 0) is 12.8 Å². The third kappa shape index (κ3) is 6.05. The molecule has 108 valence electrons. The van der Waals surface area contributed by atoms with E-state index in [1.807, 2.05) is 0 Å². The zero-order valence-electron chi connectivity index (χ0n) is 10.8. The molecule has 0 aromatic heterocycles. The second-order valence-electron chi connectivity index (χ2n) is 4.57. The lowest BCUT2D eigenvalue weighted by atomic mass is 10.2. The fourth-order valence-corrected chi connectivity index (χ4v) is 1.36. The third-order valence-corrected chi connectivity index (χ3v) is 2.65. The smallest absolute Gasteiger partial charge is 0.332 e. The highest BCUT2D eigenvalue weighted by Gasteiger charge is 2.24. The Kier molecular flexibility index (Phi) is 5.56. The second kappa shape index (κ2) is 6.93. The van der Waals surface area contributed by atoms with Gasteiger partial charge >= 0.3 is 12.0 Å². The molecule has 1 aliphatic rings. The van der Waals surface area contributed by atoms with Crippen LogP contribution >= 0.6 is 0 Å². The van der Waals surface area contributed by atoms with Gasteiger partial charge in [0.05, 0.1) is 0 Å². The monoisotopic (exact) mass is 273 g/mol. The molecular formula is C11H19N3O5. The van der Waals surface area contributed by atoms with E-state index < -0.39 is 18.1 Å². The molecule has 1 aliphatic carbocycles. The first-order valence-corrected chi connectivity index (χ1v) is 6.09. The molecule has 0 unspecified atom stereocenters. The number of likely N-dealkylation sites (N-methyl/N-ethyl adjacent to an activating group) is 1. The molecule has 0 radical (unpaired) electrons. The predicted octanol–water partition coefficient (Wildman–Crippen LogP) is -1.26. The molecule has 0 aromatic rings. The molecule has 1 rings (SSSR count). The van der Waals surface area contributed by atoms with E-state index in [-0.39, 0.29) is 31.5 Å². The number of carbonyl (C=O) groups is 3. The molecule has 8 heteroatoms. The fourth-order valence-electron chi connectivity index (χ4n) is 1.36. The number of urea groups is 1. The number of carbonyl (C=O) groups excluding carboxylic acids is 2. The Hall–Kier alpha value is -1.83. The largest absolute Gasteiger partial charge is 0.479 e. The number of hydrogen-bond acceptors (Lipinski definition) is 4. The average molecular weight is 273 g/mol. The van der Waals surface area contributed by atoms with Crippen LogP contribution < -0.4 is 10.6 Å². The Labute approximate surface area is 110 Å². The summed E-state index contributed by atoms with van der Waals surface area (Å²) in [6.07, 6.45) is 0.385. The number of aliphatic hydroxyl groups is 1. The summed E-state index contributed by atoms with van der Waals surface area (Å²) in [5, 5.41) is 22.6. The van der Waals surface area contributed by atoms with Crippen LogP contribution in [0.3, 0.4) is 0 Å². The molecular weight excluding hydrogens is 254 g/mol. The van der Waals surface area contributed by atoms with Gasteiger partial charge in [0.2, 0.25) is 5.91 Å². The number of hydrogen-bond donors (Lipinski definition) is 4. The van der Waals surface area contributed by atoms with Crippen LogP contribution in [-0.2, 0) is 9.59 Å². The Morgan fingerprint density at radius 3 is 2.53 bits per heavy atom. The lowest BCUT2D eigenvalue weighted by Gasteiger charge is -2.17. The summed E-state index contributed by atoms with van der Waals surface area (Å²) in [6, 6.07) is -0.238. The van der Waals surface area contributed by atoms with Crippen molar-refractivity contribution in [2.45, 2.75) is 31.4 Å². The Bertz CT molecular complexity index is 356. The van der Waals surface area contributed by atoms with Crippen molar-refractivity contribution < 1.29 is 24.6 Å². The van der Waals surface area contributed by atoms with Crippen LogP contribution in [0.15, 0.2) is 0 Å². The van der Waals surface area contributed by atoms with E-state index in [1.165, 1.54) is 11.9 Å². The molecule has 3 amide bonds. The van der Waals surface area contributed by atoms with Crippen LogP contribution in [0.4, 0.5) is 4.79 Å². The van der Waals surface area contributed by atoms with Gasteiger partial charge in [-0.15, -0.1) is 0 Å². The predicted molar refractivity (Wildman–Crippen MR) is 65.5 cm³/mol. The van der Waals surface area contributed by atoms with Crippen molar-refractivity contribution in [3.05, 3.63) is 0 Å². The van der Waals surface area contributed by atoms with Crippen LogP contribution in [0, 0.1) is 0 Å². The van der Waals surface area contributed by atoms with Gasteiger partial charge in [0, 0.05) is 26.1 Å². The number of rotatable bonds is 7. The average Bonchev–Trinajstić information content (AvgIpc) is 3.11. The summed E-state index contributed by atoms with van der Waals surface area (Å²) >= 11 is 0. The van der Waals surface area contributed by atoms with Gasteiger partial charge < -0.3 is 25.7 Å². The molecule has 19 heavy (non-hydrogen) atoms. The number of amides is 3. The van der Waals surface area contributed by atoms with E-state index in [9.17, 15) is 14.4 Å².